The van der Waals surface area contributed by atoms with Crippen molar-refractivity contribution < 1.29 is 14.9 Å². The van der Waals surface area contributed by atoms with Crippen molar-refractivity contribution in [1.29, 1.82) is 0 Å². The van der Waals surface area contributed by atoms with Gasteiger partial charge in [0.15, 0.2) is 0 Å². The molecule has 2 saturated carbocycles. The maximum atomic E-state index is 10.3. The van der Waals surface area contributed by atoms with Crippen LogP contribution in [-0.2, 0) is 4.74 Å². The van der Waals surface area contributed by atoms with Gasteiger partial charge in [0.2, 0.25) is 0 Å². The Hall–Kier alpha value is -0.120. The molecule has 3 rings (SSSR count). The van der Waals surface area contributed by atoms with Gasteiger partial charge in [-0.25, -0.2) is 0 Å². The van der Waals surface area contributed by atoms with Crippen LogP contribution in [0.4, 0.5) is 0 Å². The van der Waals surface area contributed by atoms with Crippen molar-refractivity contribution in [2.45, 2.75) is 70.4 Å². The van der Waals surface area contributed by atoms with Crippen LogP contribution < -0.4 is 0 Å². The molecule has 1 heterocycles. The molecule has 7 atom stereocenters. The number of hydrogen-bond acceptors (Lipinski definition) is 3. The number of epoxide rings is 1. The average molecular weight is 254 g/mol. The van der Waals surface area contributed by atoms with E-state index in [4.69, 9.17) is 4.74 Å². The van der Waals surface area contributed by atoms with E-state index in [1.807, 2.05) is 0 Å². The standard InChI is InChI=1S/C15H26O3/c1-8(2)11-7-12(16)9(3)10-5-6-13(17)14(4)15(10,11)18-14/h8-13,16-17H,5-7H2,1-4H3/t9-,10+,11-,12-,13-,14-,15-/m1/s1. The van der Waals surface area contributed by atoms with Gasteiger partial charge in [-0.15, -0.1) is 0 Å². The molecule has 0 aromatic carbocycles. The molecule has 0 bridgehead atoms. The number of hydrogen-bond donors (Lipinski definition) is 2. The van der Waals surface area contributed by atoms with Crippen LogP contribution in [0.3, 0.4) is 0 Å². The molecule has 0 unspecified atom stereocenters. The first-order valence-electron chi connectivity index (χ1n) is 7.41. The first kappa shape index (κ1) is 12.9. The molecule has 0 aromatic heterocycles. The minimum atomic E-state index is -0.362. The van der Waals surface area contributed by atoms with Gasteiger partial charge in [-0.1, -0.05) is 20.8 Å². The summed E-state index contributed by atoms with van der Waals surface area (Å²) in [6, 6.07) is 0. The average Bonchev–Trinajstić information content (AvgIpc) is 2.93. The summed E-state index contributed by atoms with van der Waals surface area (Å²) < 4.78 is 6.20. The van der Waals surface area contributed by atoms with Crippen molar-refractivity contribution in [1.82, 2.24) is 0 Å². The monoisotopic (exact) mass is 254 g/mol. The van der Waals surface area contributed by atoms with Gasteiger partial charge in [0.25, 0.3) is 0 Å². The topological polar surface area (TPSA) is 53.0 Å². The van der Waals surface area contributed by atoms with Gasteiger partial charge < -0.3 is 14.9 Å². The lowest BCUT2D eigenvalue weighted by atomic mass is 9.54. The minimum absolute atomic E-state index is 0.169. The fourth-order valence-electron chi connectivity index (χ4n) is 4.98. The van der Waals surface area contributed by atoms with Gasteiger partial charge >= 0.3 is 0 Å². The fraction of sp³-hybridized carbons (Fsp3) is 1.00. The van der Waals surface area contributed by atoms with E-state index in [1.54, 1.807) is 0 Å². The summed E-state index contributed by atoms with van der Waals surface area (Å²) in [6.45, 7) is 8.64. The molecule has 1 spiro atoms. The lowest BCUT2D eigenvalue weighted by Crippen LogP contribution is -2.57. The first-order valence-corrected chi connectivity index (χ1v) is 7.41. The number of aliphatic hydroxyl groups is 2. The zero-order valence-corrected chi connectivity index (χ0v) is 11.9. The number of aliphatic hydroxyl groups excluding tert-OH is 2. The highest BCUT2D eigenvalue weighted by Crippen LogP contribution is 2.69. The predicted octanol–water partition coefficient (Wildman–Crippen LogP) is 1.96. The molecule has 2 N–H and O–H groups in total. The summed E-state index contributed by atoms with van der Waals surface area (Å²) in [5, 5.41) is 20.6. The molecule has 18 heavy (non-hydrogen) atoms. The molecule has 0 radical (unpaired) electrons. The highest BCUT2D eigenvalue weighted by Gasteiger charge is 2.80. The van der Waals surface area contributed by atoms with Gasteiger partial charge in [0.1, 0.15) is 11.2 Å². The summed E-state index contributed by atoms with van der Waals surface area (Å²) in [5.41, 5.74) is -0.531. The molecule has 2 aliphatic carbocycles. The molecule has 0 aromatic rings. The SMILES string of the molecule is CC(C)[C@H]1C[C@@H](O)[C@H](C)[C@@H]2CC[C@@H](O)[C@@]3(C)O[C@@]123. The van der Waals surface area contributed by atoms with E-state index in [0.29, 0.717) is 17.8 Å². The molecule has 3 aliphatic rings. The first-order chi connectivity index (χ1) is 8.34. The fourth-order valence-corrected chi connectivity index (χ4v) is 4.98. The molecule has 3 nitrogen and oxygen atoms in total. The van der Waals surface area contributed by atoms with Crippen LogP contribution in [0.2, 0.25) is 0 Å². The van der Waals surface area contributed by atoms with E-state index >= 15 is 0 Å². The maximum absolute atomic E-state index is 10.3. The third kappa shape index (κ3) is 1.31. The Kier molecular flexibility index (Phi) is 2.66. The van der Waals surface area contributed by atoms with Crippen molar-refractivity contribution in [3.05, 3.63) is 0 Å². The van der Waals surface area contributed by atoms with Gasteiger partial charge in [0, 0.05) is 0 Å². The van der Waals surface area contributed by atoms with Crippen LogP contribution in [0.15, 0.2) is 0 Å². The van der Waals surface area contributed by atoms with Crippen LogP contribution in [-0.4, -0.2) is 33.6 Å². The minimum Gasteiger partial charge on any atom is -0.393 e. The molecular weight excluding hydrogens is 228 g/mol. The van der Waals surface area contributed by atoms with E-state index in [2.05, 4.69) is 27.7 Å². The second kappa shape index (κ2) is 3.71. The highest BCUT2D eigenvalue weighted by atomic mass is 16.6. The smallest absolute Gasteiger partial charge is 0.121 e. The number of rotatable bonds is 1. The lowest BCUT2D eigenvalue weighted by molar-refractivity contribution is -0.0696. The Morgan fingerprint density at radius 2 is 1.89 bits per heavy atom. The quantitative estimate of drug-likeness (QED) is 0.703. The molecule has 3 heteroatoms. The summed E-state index contributed by atoms with van der Waals surface area (Å²) >= 11 is 0. The van der Waals surface area contributed by atoms with Crippen molar-refractivity contribution in [3.8, 4) is 0 Å². The van der Waals surface area contributed by atoms with Gasteiger partial charge in [0.05, 0.1) is 12.2 Å². The summed E-state index contributed by atoms with van der Waals surface area (Å²) in [7, 11) is 0. The summed E-state index contributed by atoms with van der Waals surface area (Å²) in [6.07, 6.45) is 2.06. The largest absolute Gasteiger partial charge is 0.393 e. The zero-order valence-electron chi connectivity index (χ0n) is 11.9. The molecular formula is C15H26O3. The molecule has 3 fully saturated rings. The van der Waals surface area contributed by atoms with Crippen molar-refractivity contribution >= 4 is 0 Å². The van der Waals surface area contributed by atoms with E-state index in [-0.39, 0.29) is 29.3 Å². The predicted molar refractivity (Wildman–Crippen MR) is 69.1 cm³/mol. The van der Waals surface area contributed by atoms with Crippen LogP contribution in [0.1, 0.15) is 47.0 Å². The summed E-state index contributed by atoms with van der Waals surface area (Å²) in [5.74, 6) is 1.55. The highest BCUT2D eigenvalue weighted by molar-refractivity contribution is 5.27. The molecule has 1 aliphatic heterocycles. The Balaban J connectivity index is 2.00. The van der Waals surface area contributed by atoms with Crippen LogP contribution >= 0.6 is 0 Å². The van der Waals surface area contributed by atoms with Gasteiger partial charge in [-0.2, -0.15) is 0 Å². The van der Waals surface area contributed by atoms with Crippen molar-refractivity contribution in [3.63, 3.8) is 0 Å². The Morgan fingerprint density at radius 3 is 2.50 bits per heavy atom. The Labute approximate surface area is 110 Å². The lowest BCUT2D eigenvalue weighted by Gasteiger charge is -2.49. The van der Waals surface area contributed by atoms with Crippen LogP contribution in [0.5, 0.6) is 0 Å². The number of ether oxygens (including phenoxy) is 1. The van der Waals surface area contributed by atoms with E-state index in [1.165, 1.54) is 0 Å². The van der Waals surface area contributed by atoms with Crippen LogP contribution in [0, 0.1) is 23.7 Å². The van der Waals surface area contributed by atoms with Crippen LogP contribution in [0.25, 0.3) is 0 Å². The van der Waals surface area contributed by atoms with Crippen molar-refractivity contribution in [2.24, 2.45) is 23.7 Å². The Morgan fingerprint density at radius 1 is 1.22 bits per heavy atom. The molecule has 1 saturated heterocycles. The third-order valence-electron chi connectivity index (χ3n) is 6.15. The van der Waals surface area contributed by atoms with E-state index in [9.17, 15) is 10.2 Å². The maximum Gasteiger partial charge on any atom is 0.121 e. The molecule has 0 amide bonds. The van der Waals surface area contributed by atoms with Crippen molar-refractivity contribution in [2.75, 3.05) is 0 Å². The molecule has 104 valence electrons. The van der Waals surface area contributed by atoms with Gasteiger partial charge in [-0.3, -0.25) is 0 Å². The van der Waals surface area contributed by atoms with Gasteiger partial charge in [-0.05, 0) is 49.9 Å². The third-order valence-corrected chi connectivity index (χ3v) is 6.15. The second-order valence-electron chi connectivity index (χ2n) is 7.21. The van der Waals surface area contributed by atoms with E-state index < -0.39 is 0 Å². The second-order valence-corrected chi connectivity index (χ2v) is 7.21. The summed E-state index contributed by atoms with van der Waals surface area (Å²) in [4.78, 5) is 0. The zero-order chi connectivity index (χ0) is 13.3. The Bertz CT molecular complexity index is 352. The normalized spacial score (nSPS) is 59.2. The van der Waals surface area contributed by atoms with E-state index in [0.717, 1.165) is 19.3 Å².